The van der Waals surface area contributed by atoms with Gasteiger partial charge in [0.25, 0.3) is 11.5 Å². The Bertz CT molecular complexity index is 1070. The SMILES string of the molecule is O=C(c1cc2ccccc2c(=O)[nH]1)N1CCN(CCOc2ccccc2Cl)CC1. The van der Waals surface area contributed by atoms with Crippen LogP contribution in [-0.2, 0) is 0 Å². The van der Waals surface area contributed by atoms with Gasteiger partial charge in [0.2, 0.25) is 0 Å². The number of fused-ring (bicyclic) bond motifs is 1. The van der Waals surface area contributed by atoms with Crippen molar-refractivity contribution in [3.63, 3.8) is 0 Å². The zero-order chi connectivity index (χ0) is 20.2. The van der Waals surface area contributed by atoms with E-state index in [0.717, 1.165) is 25.0 Å². The van der Waals surface area contributed by atoms with Crippen molar-refractivity contribution in [1.29, 1.82) is 0 Å². The van der Waals surface area contributed by atoms with E-state index in [9.17, 15) is 9.59 Å². The van der Waals surface area contributed by atoms with Crippen molar-refractivity contribution in [2.24, 2.45) is 0 Å². The molecule has 29 heavy (non-hydrogen) atoms. The van der Waals surface area contributed by atoms with Crippen molar-refractivity contribution < 1.29 is 9.53 Å². The largest absolute Gasteiger partial charge is 0.491 e. The van der Waals surface area contributed by atoms with Crippen molar-refractivity contribution in [3.8, 4) is 5.75 Å². The summed E-state index contributed by atoms with van der Waals surface area (Å²) in [7, 11) is 0. The molecule has 2 aromatic carbocycles. The van der Waals surface area contributed by atoms with Crippen LogP contribution in [0.2, 0.25) is 5.02 Å². The molecule has 0 radical (unpaired) electrons. The number of hydrogen-bond donors (Lipinski definition) is 1. The number of halogens is 1. The maximum absolute atomic E-state index is 12.8. The fraction of sp³-hybridized carbons (Fsp3) is 0.273. The summed E-state index contributed by atoms with van der Waals surface area (Å²) in [5.41, 5.74) is 0.103. The van der Waals surface area contributed by atoms with Gasteiger partial charge < -0.3 is 14.6 Å². The van der Waals surface area contributed by atoms with Crippen molar-refractivity contribution in [2.75, 3.05) is 39.3 Å². The molecule has 0 aliphatic carbocycles. The molecule has 1 aliphatic rings. The number of para-hydroxylation sites is 1. The first-order valence-corrected chi connectivity index (χ1v) is 10.0. The lowest BCUT2D eigenvalue weighted by Gasteiger charge is -2.34. The lowest BCUT2D eigenvalue weighted by molar-refractivity contribution is 0.0614. The molecule has 2 heterocycles. The van der Waals surface area contributed by atoms with E-state index < -0.39 is 0 Å². The molecular formula is C22H22ClN3O3. The van der Waals surface area contributed by atoms with Crippen LogP contribution in [0.4, 0.5) is 0 Å². The second kappa shape index (κ2) is 8.68. The zero-order valence-corrected chi connectivity index (χ0v) is 16.7. The van der Waals surface area contributed by atoms with Crippen LogP contribution in [0.15, 0.2) is 59.4 Å². The number of nitrogens with one attached hydrogen (secondary N) is 1. The molecule has 1 saturated heterocycles. The van der Waals surface area contributed by atoms with Gasteiger partial charge in [0.1, 0.15) is 18.1 Å². The van der Waals surface area contributed by atoms with Gasteiger partial charge in [-0.25, -0.2) is 0 Å². The van der Waals surface area contributed by atoms with Crippen molar-refractivity contribution in [1.82, 2.24) is 14.8 Å². The van der Waals surface area contributed by atoms with E-state index in [1.165, 1.54) is 0 Å². The number of carbonyl (C=O) groups excluding carboxylic acids is 1. The third-order valence-electron chi connectivity index (χ3n) is 5.15. The first-order valence-electron chi connectivity index (χ1n) is 9.63. The number of pyridine rings is 1. The van der Waals surface area contributed by atoms with Crippen LogP contribution in [0.25, 0.3) is 10.8 Å². The maximum atomic E-state index is 12.8. The van der Waals surface area contributed by atoms with Gasteiger partial charge >= 0.3 is 0 Å². The quantitative estimate of drug-likeness (QED) is 0.700. The normalized spacial score (nSPS) is 14.9. The molecule has 0 unspecified atom stereocenters. The summed E-state index contributed by atoms with van der Waals surface area (Å²) in [5.74, 6) is 0.544. The monoisotopic (exact) mass is 411 g/mol. The Hall–Kier alpha value is -2.83. The number of aromatic nitrogens is 1. The van der Waals surface area contributed by atoms with Crippen molar-refractivity contribution >= 4 is 28.3 Å². The van der Waals surface area contributed by atoms with Gasteiger partial charge in [0.05, 0.1) is 5.02 Å². The number of benzene rings is 2. The number of piperazine rings is 1. The fourth-order valence-electron chi connectivity index (χ4n) is 3.52. The molecule has 0 spiro atoms. The minimum absolute atomic E-state index is 0.139. The lowest BCUT2D eigenvalue weighted by atomic mass is 10.1. The van der Waals surface area contributed by atoms with Crippen LogP contribution in [0.1, 0.15) is 10.5 Å². The van der Waals surface area contributed by atoms with Crippen molar-refractivity contribution in [3.05, 3.63) is 75.7 Å². The van der Waals surface area contributed by atoms with Gasteiger partial charge in [-0.2, -0.15) is 0 Å². The Morgan fingerprint density at radius 3 is 2.55 bits per heavy atom. The third-order valence-corrected chi connectivity index (χ3v) is 5.46. The minimum Gasteiger partial charge on any atom is -0.491 e. The highest BCUT2D eigenvalue weighted by molar-refractivity contribution is 6.32. The molecule has 0 saturated carbocycles. The van der Waals surface area contributed by atoms with E-state index in [-0.39, 0.29) is 11.5 Å². The predicted octanol–water partition coefficient (Wildman–Crippen LogP) is 3.02. The van der Waals surface area contributed by atoms with E-state index in [0.29, 0.717) is 41.5 Å². The summed E-state index contributed by atoms with van der Waals surface area (Å²) in [6.07, 6.45) is 0. The van der Waals surface area contributed by atoms with E-state index in [2.05, 4.69) is 9.88 Å². The van der Waals surface area contributed by atoms with Gasteiger partial charge in [-0.1, -0.05) is 41.9 Å². The summed E-state index contributed by atoms with van der Waals surface area (Å²) in [4.78, 5) is 31.8. The molecule has 6 nitrogen and oxygen atoms in total. The summed E-state index contributed by atoms with van der Waals surface area (Å²) in [5, 5.41) is 1.97. The first-order chi connectivity index (χ1) is 14.1. The highest BCUT2D eigenvalue weighted by atomic mass is 35.5. The standard InChI is InChI=1S/C22H22ClN3O3/c23-18-7-3-4-8-20(18)29-14-13-25-9-11-26(12-10-25)22(28)19-15-16-5-1-2-6-17(16)21(27)24-19/h1-8,15H,9-14H2,(H,24,27). The van der Waals surface area contributed by atoms with E-state index >= 15 is 0 Å². The minimum atomic E-state index is -0.234. The van der Waals surface area contributed by atoms with Crippen molar-refractivity contribution in [2.45, 2.75) is 0 Å². The number of nitrogens with zero attached hydrogens (tertiary/aromatic N) is 2. The summed E-state index contributed by atoms with van der Waals surface area (Å²) in [6.45, 7) is 4.04. The molecule has 0 bridgehead atoms. The Morgan fingerprint density at radius 2 is 1.76 bits per heavy atom. The molecule has 4 rings (SSSR count). The second-order valence-corrected chi connectivity index (χ2v) is 7.42. The number of H-pyrrole nitrogens is 1. The van der Waals surface area contributed by atoms with E-state index in [1.807, 2.05) is 36.4 Å². The molecular weight excluding hydrogens is 390 g/mol. The van der Waals surface area contributed by atoms with Gasteiger partial charge in [-0.05, 0) is 29.7 Å². The number of ether oxygens (including phenoxy) is 1. The summed E-state index contributed by atoms with van der Waals surface area (Å²) in [6, 6.07) is 16.4. The number of aromatic amines is 1. The van der Waals surface area contributed by atoms with Gasteiger partial charge in [-0.15, -0.1) is 0 Å². The number of carbonyl (C=O) groups is 1. The smallest absolute Gasteiger partial charge is 0.270 e. The van der Waals surface area contributed by atoms with Gasteiger partial charge in [0.15, 0.2) is 0 Å². The zero-order valence-electron chi connectivity index (χ0n) is 15.9. The maximum Gasteiger partial charge on any atom is 0.270 e. The average molecular weight is 412 g/mol. The van der Waals surface area contributed by atoms with Gasteiger partial charge in [0, 0.05) is 38.1 Å². The number of rotatable bonds is 5. The molecule has 1 amide bonds. The molecule has 1 N–H and O–H groups in total. The molecule has 1 aliphatic heterocycles. The molecule has 0 atom stereocenters. The first kappa shape index (κ1) is 19.5. The van der Waals surface area contributed by atoms with Crippen LogP contribution in [0, 0.1) is 0 Å². The molecule has 1 fully saturated rings. The Kier molecular flexibility index (Phi) is 5.83. The average Bonchev–Trinajstić information content (AvgIpc) is 2.75. The Morgan fingerprint density at radius 1 is 1.03 bits per heavy atom. The Labute approximate surface area is 173 Å². The summed E-state index contributed by atoms with van der Waals surface area (Å²) < 4.78 is 5.74. The highest BCUT2D eigenvalue weighted by Crippen LogP contribution is 2.23. The highest BCUT2D eigenvalue weighted by Gasteiger charge is 2.23. The van der Waals surface area contributed by atoms with E-state index in [1.54, 1.807) is 23.1 Å². The molecule has 150 valence electrons. The third kappa shape index (κ3) is 4.44. The van der Waals surface area contributed by atoms with Crippen LogP contribution in [0.5, 0.6) is 5.75 Å². The van der Waals surface area contributed by atoms with Gasteiger partial charge in [-0.3, -0.25) is 14.5 Å². The molecule has 1 aromatic heterocycles. The number of hydrogen-bond acceptors (Lipinski definition) is 4. The van der Waals surface area contributed by atoms with E-state index in [4.69, 9.17) is 16.3 Å². The number of amides is 1. The summed E-state index contributed by atoms with van der Waals surface area (Å²) >= 11 is 6.10. The van der Waals surface area contributed by atoms with Crippen LogP contribution < -0.4 is 10.3 Å². The predicted molar refractivity (Wildman–Crippen MR) is 114 cm³/mol. The Balaban J connectivity index is 1.32. The molecule has 7 heteroatoms. The molecule has 3 aromatic rings. The lowest BCUT2D eigenvalue weighted by Crippen LogP contribution is -2.49. The fourth-order valence-corrected chi connectivity index (χ4v) is 3.71. The second-order valence-electron chi connectivity index (χ2n) is 7.01. The van der Waals surface area contributed by atoms with Crippen LogP contribution >= 0.6 is 11.6 Å². The van der Waals surface area contributed by atoms with Crippen LogP contribution in [-0.4, -0.2) is 60.0 Å². The van der Waals surface area contributed by atoms with Crippen LogP contribution in [0.3, 0.4) is 0 Å². The topological polar surface area (TPSA) is 65.6 Å².